The summed E-state index contributed by atoms with van der Waals surface area (Å²) in [6.45, 7) is -0.0379. The number of benzene rings is 1. The van der Waals surface area contributed by atoms with Crippen molar-refractivity contribution in [1.82, 2.24) is 4.98 Å². The first kappa shape index (κ1) is 15.6. The number of aromatic nitrogens is 1. The van der Waals surface area contributed by atoms with Gasteiger partial charge in [0.1, 0.15) is 12.4 Å². The molecular weight excluding hydrogens is 304 g/mol. The number of carbonyl (C=O) groups excluding carboxylic acids is 1. The average Bonchev–Trinajstić information content (AvgIpc) is 3.09. The van der Waals surface area contributed by atoms with Gasteiger partial charge in [-0.1, -0.05) is 6.07 Å². The Bertz CT molecular complexity index is 834. The highest BCUT2D eigenvalue weighted by Crippen LogP contribution is 2.14. The zero-order chi connectivity index (χ0) is 16.8. The van der Waals surface area contributed by atoms with Crippen LogP contribution in [-0.4, -0.2) is 28.8 Å². The summed E-state index contributed by atoms with van der Waals surface area (Å²) in [5, 5.41) is 16.9. The van der Waals surface area contributed by atoms with Gasteiger partial charge < -0.3 is 4.74 Å². The van der Waals surface area contributed by atoms with Crippen molar-refractivity contribution in [2.24, 2.45) is 10.2 Å². The molecule has 2 aromatic rings. The summed E-state index contributed by atoms with van der Waals surface area (Å²) in [6, 6.07) is 14.3. The lowest BCUT2D eigenvalue weighted by Crippen LogP contribution is -2.16. The van der Waals surface area contributed by atoms with Gasteiger partial charge >= 0.3 is 0 Å². The topological polar surface area (TPSA) is 87.7 Å². The van der Waals surface area contributed by atoms with Crippen molar-refractivity contribution in [1.29, 1.82) is 5.26 Å². The number of pyridine rings is 1. The molecule has 1 aliphatic heterocycles. The number of ketones is 1. The zero-order valence-electron chi connectivity index (χ0n) is 12.8. The lowest BCUT2D eigenvalue weighted by molar-refractivity contribution is -0.119. The Labute approximate surface area is 139 Å². The lowest BCUT2D eigenvalue weighted by Gasteiger charge is -2.05. The number of Topliss-reactive ketones (excluding diaryl/α,β-unsaturated/α-hetero) is 1. The summed E-state index contributed by atoms with van der Waals surface area (Å²) < 4.78 is 5.43. The van der Waals surface area contributed by atoms with Gasteiger partial charge in [-0.05, 0) is 36.4 Å². The van der Waals surface area contributed by atoms with Crippen LogP contribution in [0.15, 0.2) is 58.9 Å². The van der Waals surface area contributed by atoms with Gasteiger partial charge in [-0.2, -0.15) is 15.5 Å². The van der Waals surface area contributed by atoms with E-state index in [0.717, 1.165) is 11.4 Å². The molecule has 0 saturated heterocycles. The number of nitriles is 1. The molecule has 0 N–H and O–H groups in total. The highest BCUT2D eigenvalue weighted by Gasteiger charge is 2.18. The standard InChI is InChI=1S/C18H14N4O2/c19-11-13-4-6-16(7-5-13)24-12-15(23)9-14-10-18(22-21-14)17-3-1-2-8-20-17/h1-8H,9-10,12H2. The van der Waals surface area contributed by atoms with Gasteiger partial charge in [-0.15, -0.1) is 0 Å². The number of hydrogen-bond donors (Lipinski definition) is 0. The highest BCUT2D eigenvalue weighted by molar-refractivity contribution is 6.18. The minimum Gasteiger partial charge on any atom is -0.486 e. The molecule has 1 aromatic carbocycles. The molecular formula is C18H14N4O2. The first-order valence-electron chi connectivity index (χ1n) is 7.43. The molecule has 0 amide bonds. The van der Waals surface area contributed by atoms with Gasteiger partial charge in [0, 0.05) is 12.6 Å². The molecule has 118 valence electrons. The Kier molecular flexibility index (Phi) is 4.73. The molecule has 6 nitrogen and oxygen atoms in total. The fourth-order valence-electron chi connectivity index (χ4n) is 2.24. The summed E-state index contributed by atoms with van der Waals surface area (Å²) in [7, 11) is 0. The van der Waals surface area contributed by atoms with Crippen molar-refractivity contribution in [3.05, 3.63) is 59.9 Å². The van der Waals surface area contributed by atoms with Crippen molar-refractivity contribution in [2.75, 3.05) is 6.61 Å². The van der Waals surface area contributed by atoms with Crippen LogP contribution in [0.2, 0.25) is 0 Å². The molecule has 1 aliphatic rings. The van der Waals surface area contributed by atoms with Crippen LogP contribution in [0, 0.1) is 11.3 Å². The van der Waals surface area contributed by atoms with Crippen LogP contribution < -0.4 is 4.74 Å². The fourth-order valence-corrected chi connectivity index (χ4v) is 2.24. The van der Waals surface area contributed by atoms with E-state index in [-0.39, 0.29) is 18.8 Å². The second kappa shape index (κ2) is 7.29. The Morgan fingerprint density at radius 2 is 2.00 bits per heavy atom. The van der Waals surface area contributed by atoms with Crippen molar-refractivity contribution in [2.45, 2.75) is 12.8 Å². The fraction of sp³-hybridized carbons (Fsp3) is 0.167. The van der Waals surface area contributed by atoms with Gasteiger partial charge in [-0.3, -0.25) is 9.78 Å². The van der Waals surface area contributed by atoms with Gasteiger partial charge in [0.25, 0.3) is 0 Å². The van der Waals surface area contributed by atoms with Crippen molar-refractivity contribution in [3.63, 3.8) is 0 Å². The maximum absolute atomic E-state index is 12.0. The molecule has 3 rings (SSSR count). The predicted molar refractivity (Wildman–Crippen MR) is 89.1 cm³/mol. The van der Waals surface area contributed by atoms with Crippen LogP contribution in [0.4, 0.5) is 0 Å². The number of ether oxygens (including phenoxy) is 1. The summed E-state index contributed by atoms with van der Waals surface area (Å²) in [5.41, 5.74) is 2.81. The van der Waals surface area contributed by atoms with E-state index in [1.807, 2.05) is 24.3 Å². The molecule has 0 fully saturated rings. The second-order valence-corrected chi connectivity index (χ2v) is 5.24. The Balaban J connectivity index is 1.47. The minimum atomic E-state index is -0.0735. The first-order chi connectivity index (χ1) is 11.7. The molecule has 6 heteroatoms. The second-order valence-electron chi connectivity index (χ2n) is 5.24. The maximum Gasteiger partial charge on any atom is 0.175 e. The third-order valence-corrected chi connectivity index (χ3v) is 3.43. The molecule has 24 heavy (non-hydrogen) atoms. The molecule has 0 radical (unpaired) electrons. The third-order valence-electron chi connectivity index (χ3n) is 3.43. The number of nitrogens with zero attached hydrogens (tertiary/aromatic N) is 4. The highest BCUT2D eigenvalue weighted by atomic mass is 16.5. The van der Waals surface area contributed by atoms with Gasteiger partial charge in [0.05, 0.1) is 35.2 Å². The maximum atomic E-state index is 12.0. The van der Waals surface area contributed by atoms with E-state index in [0.29, 0.717) is 23.4 Å². The van der Waals surface area contributed by atoms with Crippen molar-refractivity contribution < 1.29 is 9.53 Å². The smallest absolute Gasteiger partial charge is 0.175 e. The molecule has 0 unspecified atom stereocenters. The van der Waals surface area contributed by atoms with Crippen LogP contribution in [0.5, 0.6) is 5.75 Å². The van der Waals surface area contributed by atoms with Crippen LogP contribution in [0.3, 0.4) is 0 Å². The first-order valence-corrected chi connectivity index (χ1v) is 7.43. The molecule has 0 atom stereocenters. The SMILES string of the molecule is N#Cc1ccc(OCC(=O)CC2=NN=C(c3ccccn3)C2)cc1. The van der Waals surface area contributed by atoms with Crippen LogP contribution >= 0.6 is 0 Å². The van der Waals surface area contributed by atoms with Gasteiger partial charge in [-0.25, -0.2) is 0 Å². The van der Waals surface area contributed by atoms with Crippen LogP contribution in [0.1, 0.15) is 24.1 Å². The molecule has 0 bridgehead atoms. The third kappa shape index (κ3) is 3.90. The van der Waals surface area contributed by atoms with E-state index in [2.05, 4.69) is 15.2 Å². The van der Waals surface area contributed by atoms with Crippen molar-refractivity contribution in [3.8, 4) is 11.8 Å². The minimum absolute atomic E-state index is 0.0379. The molecule has 1 aromatic heterocycles. The summed E-state index contributed by atoms with van der Waals surface area (Å²) in [4.78, 5) is 16.2. The van der Waals surface area contributed by atoms with Gasteiger partial charge in [0.15, 0.2) is 5.78 Å². The van der Waals surface area contributed by atoms with E-state index in [4.69, 9.17) is 10.00 Å². The van der Waals surface area contributed by atoms with Crippen molar-refractivity contribution >= 4 is 17.2 Å². The number of carbonyl (C=O) groups is 1. The molecule has 0 saturated carbocycles. The Hall–Kier alpha value is -3.33. The van der Waals surface area contributed by atoms with E-state index in [1.165, 1.54) is 0 Å². The Morgan fingerprint density at radius 1 is 1.17 bits per heavy atom. The number of rotatable bonds is 6. The zero-order valence-corrected chi connectivity index (χ0v) is 12.8. The van der Waals surface area contributed by atoms with Crippen LogP contribution in [-0.2, 0) is 4.79 Å². The summed E-state index contributed by atoms with van der Waals surface area (Å²) in [5.74, 6) is 0.483. The predicted octanol–water partition coefficient (Wildman–Crippen LogP) is 2.54. The monoisotopic (exact) mass is 318 g/mol. The molecule has 2 heterocycles. The summed E-state index contributed by atoms with van der Waals surface area (Å²) in [6.07, 6.45) is 2.43. The van der Waals surface area contributed by atoms with E-state index in [1.54, 1.807) is 30.5 Å². The normalized spacial score (nSPS) is 13.0. The largest absolute Gasteiger partial charge is 0.486 e. The lowest BCUT2D eigenvalue weighted by atomic mass is 10.1. The van der Waals surface area contributed by atoms with Gasteiger partial charge in [0.2, 0.25) is 0 Å². The summed E-state index contributed by atoms with van der Waals surface area (Å²) >= 11 is 0. The van der Waals surface area contributed by atoms with E-state index < -0.39 is 0 Å². The van der Waals surface area contributed by atoms with E-state index in [9.17, 15) is 4.79 Å². The molecule has 0 aliphatic carbocycles. The Morgan fingerprint density at radius 3 is 2.71 bits per heavy atom. The van der Waals surface area contributed by atoms with E-state index >= 15 is 0 Å². The number of hydrogen-bond acceptors (Lipinski definition) is 6. The average molecular weight is 318 g/mol. The van der Waals surface area contributed by atoms with Crippen LogP contribution in [0.25, 0.3) is 0 Å². The molecule has 0 spiro atoms. The quantitative estimate of drug-likeness (QED) is 0.819.